The van der Waals surface area contributed by atoms with E-state index in [1.807, 2.05) is 24.3 Å². The predicted octanol–water partition coefficient (Wildman–Crippen LogP) is 2.34. The van der Waals surface area contributed by atoms with Crippen LogP contribution in [0.2, 0.25) is 0 Å². The summed E-state index contributed by atoms with van der Waals surface area (Å²) >= 11 is 0. The zero-order valence-corrected chi connectivity index (χ0v) is 16.4. The third-order valence-electron chi connectivity index (χ3n) is 4.63. The van der Waals surface area contributed by atoms with Gasteiger partial charge in [0.15, 0.2) is 0 Å². The van der Waals surface area contributed by atoms with Crippen molar-refractivity contribution in [3.8, 4) is 5.75 Å². The Balaban J connectivity index is 1.59. The molecule has 1 N–H and O–H groups in total. The summed E-state index contributed by atoms with van der Waals surface area (Å²) in [4.78, 5) is 11.9. The molecule has 7 heteroatoms. The molecule has 1 aliphatic heterocycles. The maximum atomic E-state index is 12.2. The van der Waals surface area contributed by atoms with Crippen molar-refractivity contribution < 1.29 is 17.9 Å². The van der Waals surface area contributed by atoms with Crippen LogP contribution in [0.5, 0.6) is 5.75 Å². The molecular weight excluding hydrogens is 352 g/mol. The van der Waals surface area contributed by atoms with Gasteiger partial charge < -0.3 is 10.1 Å². The van der Waals surface area contributed by atoms with Crippen LogP contribution in [0.25, 0.3) is 0 Å². The van der Waals surface area contributed by atoms with Crippen molar-refractivity contribution in [2.75, 3.05) is 32.5 Å². The molecule has 0 spiro atoms. The van der Waals surface area contributed by atoms with E-state index in [0.29, 0.717) is 38.9 Å². The summed E-state index contributed by atoms with van der Waals surface area (Å²) in [5.74, 6) is 0.927. The number of carbonyl (C=O) groups excluding carboxylic acids is 1. The highest BCUT2D eigenvalue weighted by atomic mass is 32.2. The molecule has 0 radical (unpaired) electrons. The van der Waals surface area contributed by atoms with Crippen molar-refractivity contribution in [3.05, 3.63) is 29.8 Å². The van der Waals surface area contributed by atoms with Crippen LogP contribution in [-0.4, -0.2) is 51.1 Å². The Hall–Kier alpha value is -1.60. The number of nitrogens with one attached hydrogen (secondary N) is 1. The topological polar surface area (TPSA) is 75.7 Å². The summed E-state index contributed by atoms with van der Waals surface area (Å²) in [5, 5.41) is 2.89. The van der Waals surface area contributed by atoms with Crippen LogP contribution in [0.3, 0.4) is 0 Å². The largest absolute Gasteiger partial charge is 0.497 e. The molecule has 1 fully saturated rings. The molecule has 1 aromatic rings. The van der Waals surface area contributed by atoms with Gasteiger partial charge in [-0.15, -0.1) is 0 Å². The second kappa shape index (κ2) is 10.5. The fourth-order valence-corrected chi connectivity index (χ4v) is 4.75. The van der Waals surface area contributed by atoms with E-state index < -0.39 is 10.0 Å². The highest BCUT2D eigenvalue weighted by molar-refractivity contribution is 7.89. The zero-order valence-electron chi connectivity index (χ0n) is 15.6. The van der Waals surface area contributed by atoms with Crippen molar-refractivity contribution in [1.82, 2.24) is 9.62 Å². The molecule has 0 aromatic heterocycles. The molecule has 0 aliphatic carbocycles. The molecule has 0 atom stereocenters. The van der Waals surface area contributed by atoms with Crippen molar-refractivity contribution >= 4 is 15.9 Å². The van der Waals surface area contributed by atoms with Gasteiger partial charge in [0, 0.05) is 26.1 Å². The molecule has 26 heavy (non-hydrogen) atoms. The summed E-state index contributed by atoms with van der Waals surface area (Å²) in [6.45, 7) is 1.86. The number of nitrogens with zero attached hydrogens (tertiary/aromatic N) is 1. The number of rotatable bonds is 10. The molecule has 1 saturated heterocycles. The summed E-state index contributed by atoms with van der Waals surface area (Å²) in [6, 6.07) is 7.77. The molecule has 0 unspecified atom stereocenters. The van der Waals surface area contributed by atoms with Crippen LogP contribution in [-0.2, 0) is 21.2 Å². The predicted molar refractivity (Wildman–Crippen MR) is 103 cm³/mol. The zero-order chi connectivity index (χ0) is 18.8. The van der Waals surface area contributed by atoms with Crippen LogP contribution in [0.15, 0.2) is 24.3 Å². The van der Waals surface area contributed by atoms with E-state index in [2.05, 4.69) is 5.32 Å². The first kappa shape index (κ1) is 20.7. The Morgan fingerprint density at radius 1 is 1.19 bits per heavy atom. The summed E-state index contributed by atoms with van der Waals surface area (Å²) in [6.07, 6.45) is 5.26. The fourth-order valence-electron chi connectivity index (χ4n) is 3.10. The number of hydrogen-bond donors (Lipinski definition) is 1. The molecule has 0 saturated carbocycles. The van der Waals surface area contributed by atoms with E-state index in [1.165, 1.54) is 0 Å². The molecule has 146 valence electrons. The number of ether oxygens (including phenoxy) is 1. The van der Waals surface area contributed by atoms with Crippen molar-refractivity contribution in [1.29, 1.82) is 0 Å². The Labute approximate surface area is 157 Å². The summed E-state index contributed by atoms with van der Waals surface area (Å²) in [7, 11) is -1.52. The minimum atomic E-state index is -3.15. The first-order chi connectivity index (χ1) is 12.5. The lowest BCUT2D eigenvalue weighted by molar-refractivity contribution is -0.121. The molecular formula is C19H30N2O4S. The average Bonchev–Trinajstić information content (AvgIpc) is 2.66. The van der Waals surface area contributed by atoms with Crippen LogP contribution in [0.4, 0.5) is 0 Å². The second-order valence-corrected chi connectivity index (χ2v) is 8.77. The third-order valence-corrected chi connectivity index (χ3v) is 6.59. The van der Waals surface area contributed by atoms with Gasteiger partial charge in [-0.2, -0.15) is 0 Å². The van der Waals surface area contributed by atoms with Gasteiger partial charge in [-0.3, -0.25) is 4.79 Å². The van der Waals surface area contributed by atoms with E-state index in [-0.39, 0.29) is 11.7 Å². The lowest BCUT2D eigenvalue weighted by atomic mass is 10.1. The van der Waals surface area contributed by atoms with Crippen LogP contribution >= 0.6 is 0 Å². The van der Waals surface area contributed by atoms with Gasteiger partial charge in [0.1, 0.15) is 5.75 Å². The Bertz CT molecular complexity index is 670. The number of hydrogen-bond acceptors (Lipinski definition) is 4. The van der Waals surface area contributed by atoms with Crippen molar-refractivity contribution in [3.63, 3.8) is 0 Å². The Kier molecular flexibility index (Phi) is 8.38. The van der Waals surface area contributed by atoms with Gasteiger partial charge in [-0.1, -0.05) is 18.6 Å². The van der Waals surface area contributed by atoms with E-state index in [9.17, 15) is 13.2 Å². The van der Waals surface area contributed by atoms with E-state index in [0.717, 1.165) is 37.0 Å². The van der Waals surface area contributed by atoms with E-state index in [4.69, 9.17) is 4.74 Å². The smallest absolute Gasteiger partial charge is 0.220 e. The van der Waals surface area contributed by atoms with E-state index >= 15 is 0 Å². The quantitative estimate of drug-likeness (QED) is 0.630. The second-order valence-electron chi connectivity index (χ2n) is 6.68. The van der Waals surface area contributed by atoms with Crippen LogP contribution < -0.4 is 10.1 Å². The molecule has 6 nitrogen and oxygen atoms in total. The molecule has 0 bridgehead atoms. The lowest BCUT2D eigenvalue weighted by Crippen LogP contribution is -2.37. The van der Waals surface area contributed by atoms with Gasteiger partial charge >= 0.3 is 0 Å². The number of methoxy groups -OCH3 is 1. The number of unbranched alkanes of at least 4 members (excludes halogenated alkanes) is 1. The number of carbonyl (C=O) groups is 1. The summed E-state index contributed by atoms with van der Waals surface area (Å²) in [5.41, 5.74) is 1.11. The van der Waals surface area contributed by atoms with Crippen molar-refractivity contribution in [2.24, 2.45) is 0 Å². The molecule has 1 aliphatic rings. The Morgan fingerprint density at radius 2 is 1.96 bits per heavy atom. The first-order valence-corrected chi connectivity index (χ1v) is 11.0. The minimum Gasteiger partial charge on any atom is -0.497 e. The summed E-state index contributed by atoms with van der Waals surface area (Å²) < 4.78 is 31.2. The highest BCUT2D eigenvalue weighted by Gasteiger charge is 2.23. The monoisotopic (exact) mass is 382 g/mol. The molecule has 1 heterocycles. The van der Waals surface area contributed by atoms with Gasteiger partial charge in [-0.05, 0) is 49.8 Å². The minimum absolute atomic E-state index is 0.0248. The average molecular weight is 383 g/mol. The molecule has 2 rings (SSSR count). The van der Waals surface area contributed by atoms with Gasteiger partial charge in [-0.25, -0.2) is 12.7 Å². The lowest BCUT2D eigenvalue weighted by Gasteiger charge is -2.25. The van der Waals surface area contributed by atoms with Crippen LogP contribution in [0.1, 0.15) is 44.1 Å². The maximum Gasteiger partial charge on any atom is 0.220 e. The van der Waals surface area contributed by atoms with Gasteiger partial charge in [0.05, 0.1) is 12.9 Å². The normalized spacial score (nSPS) is 15.6. The van der Waals surface area contributed by atoms with Gasteiger partial charge in [0.25, 0.3) is 0 Å². The SMILES string of the molecule is COc1cccc(CCNC(=O)CCCCS(=O)(=O)N2CCCCC2)c1. The molecule has 1 aromatic carbocycles. The van der Waals surface area contributed by atoms with Crippen LogP contribution in [0, 0.1) is 0 Å². The number of piperidine rings is 1. The molecule has 1 amide bonds. The first-order valence-electron chi connectivity index (χ1n) is 9.39. The third kappa shape index (κ3) is 6.96. The Morgan fingerprint density at radius 3 is 2.69 bits per heavy atom. The number of benzene rings is 1. The standard InChI is InChI=1S/C19H30N2O4S/c1-25-18-9-7-8-17(16-18)11-12-20-19(22)10-3-6-15-26(23,24)21-13-4-2-5-14-21/h7-9,16H,2-6,10-15H2,1H3,(H,20,22). The maximum absolute atomic E-state index is 12.2. The van der Waals surface area contributed by atoms with Crippen molar-refractivity contribution in [2.45, 2.75) is 44.9 Å². The van der Waals surface area contributed by atoms with Gasteiger partial charge in [0.2, 0.25) is 15.9 Å². The fraction of sp³-hybridized carbons (Fsp3) is 0.632. The highest BCUT2D eigenvalue weighted by Crippen LogP contribution is 2.15. The number of sulfonamides is 1. The number of amides is 1. The van der Waals surface area contributed by atoms with E-state index in [1.54, 1.807) is 11.4 Å².